The molecule has 6 aromatic rings. The molecule has 30 nitrogen and oxygen atoms in total. The summed E-state index contributed by atoms with van der Waals surface area (Å²) in [4.78, 5) is 109. The summed E-state index contributed by atoms with van der Waals surface area (Å²) < 4.78 is 71.1. The van der Waals surface area contributed by atoms with Gasteiger partial charge in [0.25, 0.3) is 20.2 Å². The normalized spacial score (nSPS) is 15.9. The first-order chi connectivity index (χ1) is 56.4. The number of urea groups is 1. The third-order valence-corrected chi connectivity index (χ3v) is 23.4. The number of aliphatic hydroxyl groups excluding tert-OH is 1. The van der Waals surface area contributed by atoms with E-state index in [1.165, 1.54) is 31.2 Å². The number of aromatic hydroxyl groups is 1. The molecule has 3 unspecified atom stereocenters. The fourth-order valence-corrected chi connectivity index (χ4v) is 16.2. The summed E-state index contributed by atoms with van der Waals surface area (Å²) in [5, 5.41) is 73.4. The SMILES string of the molecule is CC(O)=NC(=N)c1ccc2[nH]c(-c3cc(-c4ccc(CNC(=O)C(CCCCNC(=O)CCCCC[N+]5=C(/C=C/C6=CC(=C/C=C7/N(C)c8ccc(S(=O)(=O)O)cc8C7(C)C)/CCC6)C(C)(C)c6cc(S(=O)(=O)O)ccc65)NC(=O)CCCCCCC(=O)NCCCCC(NC(=O)NC(CCC(=O)O)C(=O)O)C(=O)O)cc4)ccc3O)cc2c1. The Labute approximate surface area is 692 Å². The number of nitrogens with one attached hydrogen (secondary N) is 8. The second-order valence-electron chi connectivity index (χ2n) is 31.4. The number of aromatic amines is 1. The van der Waals surface area contributed by atoms with E-state index in [1.807, 2.05) is 76.0 Å². The van der Waals surface area contributed by atoms with Gasteiger partial charge in [-0.25, -0.2) is 14.4 Å². The highest BCUT2D eigenvalue weighted by Crippen LogP contribution is 2.48. The molecule has 32 heteroatoms. The smallest absolute Gasteiger partial charge is 0.326 e. The highest BCUT2D eigenvalue weighted by atomic mass is 32.2. The van der Waals surface area contributed by atoms with Crippen LogP contribution in [0.2, 0.25) is 0 Å². The zero-order chi connectivity index (χ0) is 86.5. The van der Waals surface area contributed by atoms with Crippen molar-refractivity contribution >= 4 is 108 Å². The first-order valence-electron chi connectivity index (χ1n) is 40.0. The number of H-pyrrole nitrogens is 1. The lowest BCUT2D eigenvalue weighted by atomic mass is 9.81. The maximum Gasteiger partial charge on any atom is 0.326 e. The molecule has 2 aliphatic heterocycles. The van der Waals surface area contributed by atoms with Crippen LogP contribution in [0.4, 0.5) is 16.2 Å². The molecule has 0 saturated carbocycles. The van der Waals surface area contributed by atoms with E-state index < -0.39 is 91.9 Å². The van der Waals surface area contributed by atoms with Crippen LogP contribution in [0.5, 0.6) is 5.75 Å². The summed E-state index contributed by atoms with van der Waals surface area (Å²) >= 11 is 0. The van der Waals surface area contributed by atoms with Crippen molar-refractivity contribution in [1.29, 1.82) is 5.41 Å². The molecule has 0 spiro atoms. The molecule has 1 aromatic heterocycles. The molecular weight excluding hydrogens is 1570 g/mol. The van der Waals surface area contributed by atoms with Crippen LogP contribution in [0.3, 0.4) is 0 Å². The number of carbonyl (C=O) groups is 8. The fourth-order valence-electron chi connectivity index (χ4n) is 15.2. The summed E-state index contributed by atoms with van der Waals surface area (Å²) in [6.45, 7) is 10.7. The van der Waals surface area contributed by atoms with E-state index in [2.05, 4.69) is 76.8 Å². The highest BCUT2D eigenvalue weighted by molar-refractivity contribution is 7.86. The molecule has 3 heterocycles. The van der Waals surface area contributed by atoms with Crippen molar-refractivity contribution in [2.75, 3.05) is 31.6 Å². The van der Waals surface area contributed by atoms with Crippen molar-refractivity contribution in [3.05, 3.63) is 173 Å². The van der Waals surface area contributed by atoms with Gasteiger partial charge in [-0.05, 0) is 210 Å². The number of carboxylic acid groups (broad SMARTS) is 3. The minimum absolute atomic E-state index is 0.0290. The van der Waals surface area contributed by atoms with Gasteiger partial charge in [-0.15, -0.1) is 0 Å². The second kappa shape index (κ2) is 41.2. The van der Waals surface area contributed by atoms with Crippen LogP contribution < -0.4 is 36.8 Å². The molecule has 5 aromatic carbocycles. The third kappa shape index (κ3) is 25.5. The zero-order valence-electron chi connectivity index (χ0n) is 67.8. The number of phenols is 1. The van der Waals surface area contributed by atoms with Crippen LogP contribution in [0.25, 0.3) is 33.3 Å². The van der Waals surface area contributed by atoms with Crippen LogP contribution in [0.15, 0.2) is 165 Å². The van der Waals surface area contributed by atoms with E-state index in [0.29, 0.717) is 94.1 Å². The average molecular weight is 1680 g/mol. The highest BCUT2D eigenvalue weighted by Gasteiger charge is 2.45. The maximum absolute atomic E-state index is 14.1. The number of amidine groups is 1. The number of allylic oxidation sites excluding steroid dienone is 8. The van der Waals surface area contributed by atoms with Crippen LogP contribution in [-0.2, 0) is 71.2 Å². The topological polar surface area (TPSA) is 477 Å². The molecule has 9 rings (SSSR count). The number of hydrogen-bond donors (Lipinski definition) is 15. The molecule has 3 aliphatic rings. The Hall–Kier alpha value is -11.6. The van der Waals surface area contributed by atoms with E-state index in [1.54, 1.807) is 42.5 Å². The molecule has 3 atom stereocenters. The number of hydrogen-bond acceptors (Lipinski definition) is 15. The molecule has 6 amide bonds. The summed E-state index contributed by atoms with van der Waals surface area (Å²) in [6, 6.07) is 24.3. The number of aliphatic carboxylic acids is 3. The third-order valence-electron chi connectivity index (χ3n) is 21.7. The Balaban J connectivity index is 0.764. The molecule has 1 aliphatic carbocycles. The van der Waals surface area contributed by atoms with Crippen molar-refractivity contribution in [1.82, 2.24) is 36.9 Å². The van der Waals surface area contributed by atoms with Gasteiger partial charge in [0.15, 0.2) is 17.4 Å². The number of unbranched alkanes of at least 4 members (excludes halogenated alkanes) is 7. The number of carboxylic acids is 3. The molecule has 0 saturated heterocycles. The van der Waals surface area contributed by atoms with Crippen molar-refractivity contribution < 1.29 is 94.4 Å². The summed E-state index contributed by atoms with van der Waals surface area (Å²) in [5.74, 6) is -5.50. The Morgan fingerprint density at radius 3 is 1.82 bits per heavy atom. The van der Waals surface area contributed by atoms with Gasteiger partial charge in [-0.3, -0.25) is 38.5 Å². The number of fused-ring (bicyclic) bond motifs is 3. The lowest BCUT2D eigenvalue weighted by Gasteiger charge is -2.24. The number of amides is 6. The second-order valence-corrected chi connectivity index (χ2v) is 34.2. The number of rotatable bonds is 42. The number of anilines is 1. The minimum Gasteiger partial charge on any atom is -0.507 e. The van der Waals surface area contributed by atoms with Gasteiger partial charge < -0.3 is 67.3 Å². The molecule has 15 N–H and O–H groups in total. The molecule has 119 heavy (non-hydrogen) atoms. The lowest BCUT2D eigenvalue weighted by molar-refractivity contribution is -0.438. The van der Waals surface area contributed by atoms with Crippen molar-refractivity contribution in [2.45, 2.75) is 215 Å². The molecule has 0 fully saturated rings. The monoisotopic (exact) mass is 1670 g/mol. The Morgan fingerprint density at radius 2 is 1.20 bits per heavy atom. The maximum atomic E-state index is 14.1. The van der Waals surface area contributed by atoms with Gasteiger partial charge in [0.2, 0.25) is 29.3 Å². The van der Waals surface area contributed by atoms with Crippen LogP contribution >= 0.6 is 0 Å². The fraction of sp³-hybridized carbons (Fsp3) is 0.414. The lowest BCUT2D eigenvalue weighted by Crippen LogP contribution is -2.51. The van der Waals surface area contributed by atoms with Gasteiger partial charge in [-0.1, -0.05) is 75.2 Å². The summed E-state index contributed by atoms with van der Waals surface area (Å²) in [7, 11) is -6.98. The van der Waals surface area contributed by atoms with Gasteiger partial charge in [0, 0.05) is 122 Å². The zero-order valence-corrected chi connectivity index (χ0v) is 69.4. The van der Waals surface area contributed by atoms with Crippen molar-refractivity contribution in [2.24, 2.45) is 4.99 Å². The quantitative estimate of drug-likeness (QED) is 0.00556. The van der Waals surface area contributed by atoms with Crippen molar-refractivity contribution in [3.8, 4) is 28.1 Å². The minimum atomic E-state index is -4.51. The summed E-state index contributed by atoms with van der Waals surface area (Å²) in [5.41, 5.74) is 10.9. The number of aromatic nitrogens is 1. The molecule has 636 valence electrons. The van der Waals surface area contributed by atoms with Gasteiger partial charge in [0.1, 0.15) is 30.4 Å². The largest absolute Gasteiger partial charge is 0.507 e. The number of aliphatic imine (C=N–C) groups is 1. The number of aliphatic hydroxyl groups is 1. The van der Waals surface area contributed by atoms with Crippen LogP contribution in [-0.4, -0.2) is 171 Å². The van der Waals surface area contributed by atoms with Crippen LogP contribution in [0.1, 0.15) is 192 Å². The molecular formula is C87H108N11O19S2+. The Kier molecular flexibility index (Phi) is 31.6. The number of benzene rings is 5. The van der Waals surface area contributed by atoms with Gasteiger partial charge >= 0.3 is 23.9 Å². The van der Waals surface area contributed by atoms with E-state index >= 15 is 0 Å². The first kappa shape index (κ1) is 91.3. The molecule has 0 radical (unpaired) electrons. The number of carbonyl (C=O) groups excluding carboxylic acids is 5. The first-order valence-corrected chi connectivity index (χ1v) is 42.9. The predicted molar refractivity (Wildman–Crippen MR) is 452 cm³/mol. The van der Waals surface area contributed by atoms with Gasteiger partial charge in [-0.2, -0.15) is 26.4 Å². The van der Waals surface area contributed by atoms with Gasteiger partial charge in [0.05, 0.1) is 20.9 Å². The van der Waals surface area contributed by atoms with Crippen LogP contribution in [0, 0.1) is 5.41 Å². The standard InChI is InChI=1S/C87H107N11O19S2/c1-54(99)92-81(88)60-32-36-67-61(48-60)50-71(93-67)64-49-59(33-40-74(64)100)58-30-26-57(27-31-58)53-91-82(106)68(94-79(103)25-11-8-7-10-23-77(101)90-45-16-14-22-69(83(107)108)95-85(111)96-70(84(109)110)37-43-80(104)105)21-13-15-44-89-78(102)24-12-9-17-46-98-73-39-35-63(119(115,116)117)52-66(73)87(4,5)76(98)42-29-56-20-18-19-55(47-56)28-41-75-86(2,3)65-51-62(118(112,113)114)34-38-72(65)97(75)6/h26-36,38-42,47-52,68-70H,7-25,37,43-46,53H2,1-6H3,(H14-,88,89,90,91,92,93,94,95,96,99,100,101,102,103,104,105,106,107,108,109,110,111,112,113,114,115,116,117)/p+1. The van der Waals surface area contributed by atoms with E-state index in [4.69, 9.17) is 10.5 Å². The predicted octanol–water partition coefficient (Wildman–Crippen LogP) is 12.6. The number of phenolic OH excluding ortho intramolecular Hbond substituents is 1. The van der Waals surface area contributed by atoms with Crippen molar-refractivity contribution in [3.63, 3.8) is 0 Å². The number of nitrogens with zero attached hydrogens (tertiary/aromatic N) is 3. The van der Waals surface area contributed by atoms with E-state index in [0.717, 1.165) is 91.9 Å². The average Bonchev–Trinajstić information content (AvgIpc) is 1.59. The Morgan fingerprint density at radius 1 is 0.605 bits per heavy atom. The Bertz CT molecular complexity index is 5250. The van der Waals surface area contributed by atoms with E-state index in [9.17, 15) is 84.7 Å². The summed E-state index contributed by atoms with van der Waals surface area (Å²) in [6.07, 6.45) is 18.7. The number of likely N-dealkylation sites (N-methyl/N-ethyl adjacent to an activating group) is 1. The molecule has 0 bridgehead atoms. The van der Waals surface area contributed by atoms with E-state index in [-0.39, 0.29) is 96.6 Å².